The number of hydrogen-bond donors (Lipinski definition) is 1. The number of hydrogen-bond acceptors (Lipinski definition) is 3. The van der Waals surface area contributed by atoms with E-state index in [1.54, 1.807) is 24.3 Å². The van der Waals surface area contributed by atoms with Gasteiger partial charge in [-0.3, -0.25) is 4.79 Å². The second kappa shape index (κ2) is 7.72. The fraction of sp³-hybridized carbons (Fsp3) is 0.381. The van der Waals surface area contributed by atoms with Crippen molar-refractivity contribution >= 4 is 15.8 Å². The summed E-state index contributed by atoms with van der Waals surface area (Å²) in [6.45, 7) is 3.90. The maximum Gasteiger partial charge on any atom is 0.241 e. The molecule has 0 aromatic heterocycles. The van der Waals surface area contributed by atoms with Crippen molar-refractivity contribution in [1.82, 2.24) is 4.72 Å². The van der Waals surface area contributed by atoms with Crippen LogP contribution >= 0.6 is 0 Å². The Bertz CT molecular complexity index is 870. The molecule has 3 rings (SSSR count). The summed E-state index contributed by atoms with van der Waals surface area (Å²) in [5, 5.41) is 0. The SMILES string of the molecule is Cc1ccc(C(NS(=O)(=O)c2ccc(C)cc2)C2CCCCC2=O)cc1. The van der Waals surface area contributed by atoms with Gasteiger partial charge >= 0.3 is 0 Å². The van der Waals surface area contributed by atoms with Crippen molar-refractivity contribution in [3.05, 3.63) is 65.2 Å². The quantitative estimate of drug-likeness (QED) is 0.861. The highest BCUT2D eigenvalue weighted by atomic mass is 32.2. The molecule has 0 amide bonds. The van der Waals surface area contributed by atoms with Crippen LogP contribution in [0.4, 0.5) is 0 Å². The topological polar surface area (TPSA) is 63.2 Å². The van der Waals surface area contributed by atoms with E-state index in [-0.39, 0.29) is 16.6 Å². The molecule has 5 heteroatoms. The highest BCUT2D eigenvalue weighted by Gasteiger charge is 2.34. The lowest BCUT2D eigenvalue weighted by Crippen LogP contribution is -2.38. The number of nitrogens with one attached hydrogen (secondary N) is 1. The molecule has 1 aliphatic carbocycles. The van der Waals surface area contributed by atoms with Crippen molar-refractivity contribution in [2.45, 2.75) is 50.5 Å². The zero-order chi connectivity index (χ0) is 18.7. The van der Waals surface area contributed by atoms with Crippen LogP contribution in [0.15, 0.2) is 53.4 Å². The first-order valence-corrected chi connectivity index (χ1v) is 10.5. The lowest BCUT2D eigenvalue weighted by molar-refractivity contribution is -0.125. The predicted molar refractivity (Wildman–Crippen MR) is 102 cm³/mol. The van der Waals surface area contributed by atoms with Crippen LogP contribution in [0.2, 0.25) is 0 Å². The van der Waals surface area contributed by atoms with Gasteiger partial charge < -0.3 is 0 Å². The van der Waals surface area contributed by atoms with Gasteiger partial charge in [-0.05, 0) is 44.4 Å². The van der Waals surface area contributed by atoms with Crippen LogP contribution in [0.25, 0.3) is 0 Å². The molecule has 2 atom stereocenters. The van der Waals surface area contributed by atoms with Gasteiger partial charge in [0.05, 0.1) is 10.9 Å². The summed E-state index contributed by atoms with van der Waals surface area (Å²) in [5.74, 6) is -0.167. The number of sulfonamides is 1. The molecule has 4 nitrogen and oxygen atoms in total. The summed E-state index contributed by atoms with van der Waals surface area (Å²) >= 11 is 0. The maximum atomic E-state index is 12.9. The number of carbonyl (C=O) groups excluding carboxylic acids is 1. The van der Waals surface area contributed by atoms with E-state index in [2.05, 4.69) is 4.72 Å². The van der Waals surface area contributed by atoms with E-state index in [0.29, 0.717) is 12.8 Å². The van der Waals surface area contributed by atoms with Gasteiger partial charge in [0.2, 0.25) is 10.0 Å². The summed E-state index contributed by atoms with van der Waals surface area (Å²) in [7, 11) is -3.71. The van der Waals surface area contributed by atoms with E-state index in [0.717, 1.165) is 29.5 Å². The van der Waals surface area contributed by atoms with Gasteiger partial charge in [0.15, 0.2) is 0 Å². The van der Waals surface area contributed by atoms with Gasteiger partial charge in [0.1, 0.15) is 5.78 Å². The van der Waals surface area contributed by atoms with Crippen molar-refractivity contribution in [2.75, 3.05) is 0 Å². The predicted octanol–water partition coefficient (Wildman–Crippen LogP) is 4.08. The molecule has 2 aromatic rings. The van der Waals surface area contributed by atoms with E-state index in [1.807, 2.05) is 38.1 Å². The third-order valence-corrected chi connectivity index (χ3v) is 6.51. The van der Waals surface area contributed by atoms with Crippen LogP contribution in [-0.2, 0) is 14.8 Å². The van der Waals surface area contributed by atoms with E-state index >= 15 is 0 Å². The molecule has 2 aromatic carbocycles. The molecule has 0 aliphatic heterocycles. The van der Waals surface area contributed by atoms with Crippen molar-refractivity contribution in [3.8, 4) is 0 Å². The van der Waals surface area contributed by atoms with Crippen LogP contribution in [-0.4, -0.2) is 14.2 Å². The first kappa shape index (κ1) is 18.8. The molecular weight excluding hydrogens is 346 g/mol. The smallest absolute Gasteiger partial charge is 0.241 e. The summed E-state index contributed by atoms with van der Waals surface area (Å²) in [5.41, 5.74) is 2.94. The normalized spacial score (nSPS) is 19.3. The highest BCUT2D eigenvalue weighted by Crippen LogP contribution is 2.33. The summed E-state index contributed by atoms with van der Waals surface area (Å²) in [4.78, 5) is 12.7. The standard InChI is InChI=1S/C21H25NO3S/c1-15-7-11-17(12-8-15)21(19-5-3-4-6-20(19)23)22-26(24,25)18-13-9-16(2)10-14-18/h7-14,19,21-22H,3-6H2,1-2H3. The van der Waals surface area contributed by atoms with Gasteiger partial charge in [-0.25, -0.2) is 13.1 Å². The van der Waals surface area contributed by atoms with E-state index in [1.165, 1.54) is 0 Å². The molecule has 1 fully saturated rings. The van der Waals surface area contributed by atoms with E-state index in [4.69, 9.17) is 0 Å². The largest absolute Gasteiger partial charge is 0.299 e. The third-order valence-electron chi connectivity index (χ3n) is 5.05. The molecular formula is C21H25NO3S. The fourth-order valence-corrected chi connectivity index (χ4v) is 4.74. The van der Waals surface area contributed by atoms with Crippen molar-refractivity contribution < 1.29 is 13.2 Å². The minimum absolute atomic E-state index is 0.147. The number of ketones is 1. The monoisotopic (exact) mass is 371 g/mol. The zero-order valence-corrected chi connectivity index (χ0v) is 16.1. The van der Waals surface area contributed by atoms with Crippen molar-refractivity contribution in [2.24, 2.45) is 5.92 Å². The van der Waals surface area contributed by atoms with Gasteiger partial charge in [0.25, 0.3) is 0 Å². The second-order valence-corrected chi connectivity index (χ2v) is 8.86. The van der Waals surface area contributed by atoms with Crippen molar-refractivity contribution in [3.63, 3.8) is 0 Å². The first-order valence-electron chi connectivity index (χ1n) is 9.05. The number of aryl methyl sites for hydroxylation is 2. The molecule has 1 saturated carbocycles. The van der Waals surface area contributed by atoms with Gasteiger partial charge in [0, 0.05) is 12.3 Å². The molecule has 0 radical (unpaired) electrons. The Balaban J connectivity index is 1.96. The van der Waals surface area contributed by atoms with Gasteiger partial charge in [-0.1, -0.05) is 53.9 Å². The minimum Gasteiger partial charge on any atom is -0.299 e. The Morgan fingerprint density at radius 1 is 0.923 bits per heavy atom. The molecule has 2 unspecified atom stereocenters. The number of benzene rings is 2. The average molecular weight is 372 g/mol. The average Bonchev–Trinajstić information content (AvgIpc) is 2.62. The second-order valence-electron chi connectivity index (χ2n) is 7.14. The Morgan fingerprint density at radius 3 is 2.08 bits per heavy atom. The van der Waals surface area contributed by atoms with E-state index in [9.17, 15) is 13.2 Å². The van der Waals surface area contributed by atoms with Gasteiger partial charge in [-0.2, -0.15) is 0 Å². The molecule has 0 saturated heterocycles. The molecule has 1 N–H and O–H groups in total. The number of rotatable bonds is 5. The molecule has 1 aliphatic rings. The van der Waals surface area contributed by atoms with Gasteiger partial charge in [-0.15, -0.1) is 0 Å². The first-order chi connectivity index (χ1) is 12.4. The molecule has 138 valence electrons. The molecule has 26 heavy (non-hydrogen) atoms. The Morgan fingerprint density at radius 2 is 1.50 bits per heavy atom. The van der Waals surface area contributed by atoms with Crippen molar-refractivity contribution in [1.29, 1.82) is 0 Å². The maximum absolute atomic E-state index is 12.9. The molecule has 0 bridgehead atoms. The zero-order valence-electron chi connectivity index (χ0n) is 15.2. The third kappa shape index (κ3) is 4.22. The summed E-state index contributed by atoms with van der Waals surface area (Å²) in [6.07, 6.45) is 3.08. The summed E-state index contributed by atoms with van der Waals surface area (Å²) in [6, 6.07) is 14.0. The summed E-state index contributed by atoms with van der Waals surface area (Å²) < 4.78 is 28.7. The minimum atomic E-state index is -3.71. The van der Waals surface area contributed by atoms with E-state index < -0.39 is 16.1 Å². The number of Topliss-reactive ketones (excluding diaryl/α,β-unsaturated/α-hetero) is 1. The Labute approximate surface area is 155 Å². The molecule has 0 spiro atoms. The van der Waals surface area contributed by atoms with Crippen LogP contribution in [0.5, 0.6) is 0 Å². The lowest BCUT2D eigenvalue weighted by Gasteiger charge is -2.30. The number of carbonyl (C=O) groups is 1. The van der Waals surface area contributed by atoms with Crippen LogP contribution < -0.4 is 4.72 Å². The fourth-order valence-electron chi connectivity index (χ4n) is 3.47. The lowest BCUT2D eigenvalue weighted by atomic mass is 9.80. The molecule has 0 heterocycles. The Hall–Kier alpha value is -1.98. The highest BCUT2D eigenvalue weighted by molar-refractivity contribution is 7.89. The van der Waals surface area contributed by atoms with Crippen LogP contribution in [0, 0.1) is 19.8 Å². The van der Waals surface area contributed by atoms with Crippen LogP contribution in [0.1, 0.15) is 48.4 Å². The Kier molecular flexibility index (Phi) is 5.58. The van der Waals surface area contributed by atoms with Crippen LogP contribution in [0.3, 0.4) is 0 Å².